The third-order valence-electron chi connectivity index (χ3n) is 8.48. The van der Waals surface area contributed by atoms with Crippen molar-refractivity contribution in [3.05, 3.63) is 47.1 Å². The predicted molar refractivity (Wildman–Crippen MR) is 137 cm³/mol. The molecule has 4 atom stereocenters. The van der Waals surface area contributed by atoms with Crippen LogP contribution < -0.4 is 0 Å². The Morgan fingerprint density at radius 1 is 1.25 bits per heavy atom. The van der Waals surface area contributed by atoms with Crippen LogP contribution in [0.1, 0.15) is 85.0 Å². The van der Waals surface area contributed by atoms with Crippen molar-refractivity contribution in [2.24, 2.45) is 11.3 Å². The summed E-state index contributed by atoms with van der Waals surface area (Å²) in [6.45, 7) is 10.7. The average molecular weight is 461 g/mol. The van der Waals surface area contributed by atoms with E-state index in [9.17, 15) is 15.3 Å². The van der Waals surface area contributed by atoms with Gasteiger partial charge in [-0.15, -0.1) is 0 Å². The van der Waals surface area contributed by atoms with Crippen molar-refractivity contribution in [1.82, 2.24) is 0 Å². The molecule has 0 spiro atoms. The van der Waals surface area contributed by atoms with E-state index in [1.807, 2.05) is 11.8 Å². The topological polar surface area (TPSA) is 60.7 Å². The summed E-state index contributed by atoms with van der Waals surface area (Å²) in [4.78, 5) is 0. The zero-order chi connectivity index (χ0) is 23.4. The highest BCUT2D eigenvalue weighted by Crippen LogP contribution is 2.55. The van der Waals surface area contributed by atoms with Crippen molar-refractivity contribution in [3.63, 3.8) is 0 Å². The fourth-order valence-corrected chi connectivity index (χ4v) is 7.04. The van der Waals surface area contributed by atoms with Crippen molar-refractivity contribution in [3.8, 4) is 0 Å². The Morgan fingerprint density at radius 3 is 2.72 bits per heavy atom. The smallest absolute Gasteiger partial charge is 0.0811 e. The predicted octanol–water partition coefficient (Wildman–Crippen LogP) is 6.11. The van der Waals surface area contributed by atoms with E-state index in [1.165, 1.54) is 18.4 Å². The van der Waals surface area contributed by atoms with Crippen LogP contribution in [0.4, 0.5) is 0 Å². The van der Waals surface area contributed by atoms with Crippen LogP contribution in [0.3, 0.4) is 0 Å². The minimum atomic E-state index is -0.623. The van der Waals surface area contributed by atoms with Crippen LogP contribution in [-0.2, 0) is 0 Å². The zero-order valence-corrected chi connectivity index (χ0v) is 21.2. The number of thioether (sulfide) groups is 1. The highest BCUT2D eigenvalue weighted by atomic mass is 32.2. The second-order valence-electron chi connectivity index (χ2n) is 10.4. The maximum atomic E-state index is 10.5. The first kappa shape index (κ1) is 25.8. The Hall–Kier alpha value is -0.810. The highest BCUT2D eigenvalue weighted by molar-refractivity contribution is 7.99. The van der Waals surface area contributed by atoms with Crippen LogP contribution in [0.25, 0.3) is 0 Å². The molecule has 3 aliphatic rings. The van der Waals surface area contributed by atoms with Gasteiger partial charge in [0.1, 0.15) is 0 Å². The van der Waals surface area contributed by atoms with Gasteiger partial charge in [0, 0.05) is 12.2 Å². The molecule has 3 N–H and O–H groups in total. The maximum absolute atomic E-state index is 10.5. The minimum absolute atomic E-state index is 0.256. The Bertz CT molecular complexity index is 761. The van der Waals surface area contributed by atoms with Gasteiger partial charge in [0.15, 0.2) is 0 Å². The van der Waals surface area contributed by atoms with E-state index in [-0.39, 0.29) is 5.41 Å². The fourth-order valence-electron chi connectivity index (χ4n) is 5.88. The quantitative estimate of drug-likeness (QED) is 0.287. The van der Waals surface area contributed by atoms with Crippen molar-refractivity contribution >= 4 is 11.8 Å². The number of aliphatic hydroxyl groups excluding tert-OH is 2. The first-order valence-electron chi connectivity index (χ1n) is 12.7. The summed E-state index contributed by atoms with van der Waals surface area (Å²) in [6, 6.07) is 0. The number of hydrogen-bond acceptors (Lipinski definition) is 4. The van der Waals surface area contributed by atoms with E-state index in [2.05, 4.69) is 45.6 Å². The second kappa shape index (κ2) is 11.1. The summed E-state index contributed by atoms with van der Waals surface area (Å²) in [7, 11) is 0. The Balaban J connectivity index is 1.58. The number of allylic oxidation sites excluding steroid dienone is 4. The number of hydrogen-bond donors (Lipinski definition) is 3. The van der Waals surface area contributed by atoms with E-state index in [1.54, 1.807) is 5.57 Å². The molecule has 2 fully saturated rings. The molecule has 2 saturated carbocycles. The lowest BCUT2D eigenvalue weighted by molar-refractivity contribution is 0.0232. The van der Waals surface area contributed by atoms with Gasteiger partial charge in [0.05, 0.1) is 17.8 Å². The molecule has 3 rings (SSSR count). The van der Waals surface area contributed by atoms with Crippen molar-refractivity contribution < 1.29 is 15.3 Å². The largest absolute Gasteiger partial charge is 0.393 e. The molecule has 0 aromatic rings. The Kier molecular flexibility index (Phi) is 8.93. The van der Waals surface area contributed by atoms with Gasteiger partial charge in [-0.2, -0.15) is 11.8 Å². The normalized spacial score (nSPS) is 33.6. The molecule has 0 unspecified atom stereocenters. The molecule has 0 heterocycles. The molecule has 4 heteroatoms. The monoisotopic (exact) mass is 460 g/mol. The van der Waals surface area contributed by atoms with Gasteiger partial charge in [0.2, 0.25) is 0 Å². The average Bonchev–Trinajstić information content (AvgIpc) is 3.11. The number of rotatable bonds is 9. The third-order valence-corrected chi connectivity index (χ3v) is 9.57. The lowest BCUT2D eigenvalue weighted by Gasteiger charge is -2.41. The first-order chi connectivity index (χ1) is 15.2. The lowest BCUT2D eigenvalue weighted by Crippen LogP contribution is -2.31. The SMILES string of the molecule is C=C1/C(=C\C=C2/CCC[C@]3(C)C(CSCCCC(O)(CC)CC)=CC[C@@H]23)C[C@@H](O)C[C@@H]1O. The molecule has 0 saturated heterocycles. The van der Waals surface area contributed by atoms with E-state index >= 15 is 0 Å². The van der Waals surface area contributed by atoms with Gasteiger partial charge < -0.3 is 15.3 Å². The molecule has 32 heavy (non-hydrogen) atoms. The summed E-state index contributed by atoms with van der Waals surface area (Å²) in [5, 5.41) is 30.7. The summed E-state index contributed by atoms with van der Waals surface area (Å²) in [6.07, 6.45) is 15.2. The van der Waals surface area contributed by atoms with Crippen LogP contribution in [0, 0.1) is 11.3 Å². The van der Waals surface area contributed by atoms with Gasteiger partial charge in [-0.1, -0.05) is 56.7 Å². The van der Waals surface area contributed by atoms with E-state index < -0.39 is 17.8 Å². The molecule has 0 aromatic carbocycles. The van der Waals surface area contributed by atoms with Crippen molar-refractivity contribution in [1.29, 1.82) is 0 Å². The molecule has 180 valence electrons. The van der Waals surface area contributed by atoms with Crippen LogP contribution in [0.5, 0.6) is 0 Å². The summed E-state index contributed by atoms with van der Waals surface area (Å²) >= 11 is 2.03. The van der Waals surface area contributed by atoms with Crippen LogP contribution in [0.2, 0.25) is 0 Å². The van der Waals surface area contributed by atoms with E-state index in [0.29, 0.717) is 18.8 Å². The molecule has 0 aromatic heterocycles. The molecule has 3 aliphatic carbocycles. The molecular formula is C28H44O3S. The second-order valence-corrected chi connectivity index (χ2v) is 11.5. The summed E-state index contributed by atoms with van der Waals surface area (Å²) in [5.74, 6) is 2.79. The number of fused-ring (bicyclic) bond motifs is 1. The minimum Gasteiger partial charge on any atom is -0.393 e. The maximum Gasteiger partial charge on any atom is 0.0811 e. The Labute approximate surface area is 199 Å². The molecule has 0 aliphatic heterocycles. The van der Waals surface area contributed by atoms with Crippen LogP contribution >= 0.6 is 11.8 Å². The molecular weight excluding hydrogens is 416 g/mol. The molecule has 0 amide bonds. The van der Waals surface area contributed by atoms with Gasteiger partial charge in [0.25, 0.3) is 0 Å². The zero-order valence-electron chi connectivity index (χ0n) is 20.4. The van der Waals surface area contributed by atoms with Gasteiger partial charge in [-0.05, 0) is 86.0 Å². The number of aliphatic hydroxyl groups is 3. The van der Waals surface area contributed by atoms with Gasteiger partial charge >= 0.3 is 0 Å². The summed E-state index contributed by atoms with van der Waals surface area (Å²) in [5.41, 5.74) is 4.67. The lowest BCUT2D eigenvalue weighted by atomic mass is 9.64. The first-order valence-corrected chi connectivity index (χ1v) is 13.8. The Morgan fingerprint density at radius 2 is 2.00 bits per heavy atom. The standard InChI is InChI=1S/C28H44O3S/c1-5-28(31,6-2)15-8-16-32-19-23-12-13-25-21(9-7-14-27(23,25)4)10-11-22-17-24(29)18-26(30)20(22)3/h10-12,24-26,29-31H,3,5-9,13-19H2,1-2,4H3/b21-10+,22-11-/t24-,25+,26+,27-/m1/s1. The summed E-state index contributed by atoms with van der Waals surface area (Å²) < 4.78 is 0. The van der Waals surface area contributed by atoms with Gasteiger partial charge in [-0.3, -0.25) is 0 Å². The van der Waals surface area contributed by atoms with Crippen LogP contribution in [-0.4, -0.2) is 44.6 Å². The van der Waals surface area contributed by atoms with Crippen molar-refractivity contribution in [2.75, 3.05) is 11.5 Å². The third kappa shape index (κ3) is 5.81. The van der Waals surface area contributed by atoms with E-state index in [0.717, 1.165) is 61.2 Å². The molecule has 0 radical (unpaired) electrons. The molecule has 0 bridgehead atoms. The van der Waals surface area contributed by atoms with Gasteiger partial charge in [-0.25, -0.2) is 0 Å². The highest BCUT2D eigenvalue weighted by Gasteiger charge is 2.44. The van der Waals surface area contributed by atoms with Crippen LogP contribution in [0.15, 0.2) is 47.1 Å². The fraction of sp³-hybridized carbons (Fsp3) is 0.714. The van der Waals surface area contributed by atoms with Crippen molar-refractivity contribution in [2.45, 2.75) is 103 Å². The molecule has 3 nitrogen and oxygen atoms in total. The van der Waals surface area contributed by atoms with E-state index in [4.69, 9.17) is 0 Å².